The van der Waals surface area contributed by atoms with E-state index in [1.807, 2.05) is 49.4 Å². The van der Waals surface area contributed by atoms with Gasteiger partial charge in [-0.3, -0.25) is 0 Å². The van der Waals surface area contributed by atoms with Gasteiger partial charge in [-0.25, -0.2) is 4.98 Å². The van der Waals surface area contributed by atoms with Crippen molar-refractivity contribution < 1.29 is 4.74 Å². The summed E-state index contributed by atoms with van der Waals surface area (Å²) in [6, 6.07) is 13.8. The first kappa shape index (κ1) is 11.1. The Kier molecular flexibility index (Phi) is 3.57. The highest BCUT2D eigenvalue weighted by Gasteiger charge is 2.06. The summed E-state index contributed by atoms with van der Waals surface area (Å²) in [7, 11) is 0. The summed E-state index contributed by atoms with van der Waals surface area (Å²) in [4.78, 5) is 4.42. The second-order valence-electron chi connectivity index (χ2n) is 3.27. The van der Waals surface area contributed by atoms with E-state index in [1.165, 1.54) is 0 Å². The highest BCUT2D eigenvalue weighted by Crippen LogP contribution is 2.28. The molecule has 0 aliphatic carbocycles. The summed E-state index contributed by atoms with van der Waals surface area (Å²) in [5, 5.41) is 0. The van der Waals surface area contributed by atoms with Crippen LogP contribution < -0.4 is 4.74 Å². The number of hydrogen-bond acceptors (Lipinski definition) is 2. The predicted octanol–water partition coefficient (Wildman–Crippen LogP) is 3.91. The standard InChI is InChI=1S/C13H12BrNO/c1-2-16-12-8-4-3-6-10(12)11-7-5-9-13(14)15-11/h3-9H,2H2,1H3. The van der Waals surface area contributed by atoms with E-state index in [2.05, 4.69) is 20.9 Å². The molecular formula is C13H12BrNO. The molecule has 82 valence electrons. The summed E-state index contributed by atoms with van der Waals surface area (Å²) in [6.07, 6.45) is 0. The SMILES string of the molecule is CCOc1ccccc1-c1cccc(Br)n1. The second kappa shape index (κ2) is 5.12. The van der Waals surface area contributed by atoms with Crippen LogP contribution in [0.4, 0.5) is 0 Å². The van der Waals surface area contributed by atoms with E-state index in [9.17, 15) is 0 Å². The van der Waals surface area contributed by atoms with Gasteiger partial charge in [-0.05, 0) is 47.1 Å². The molecule has 0 unspecified atom stereocenters. The minimum atomic E-state index is 0.658. The van der Waals surface area contributed by atoms with Gasteiger partial charge in [-0.1, -0.05) is 18.2 Å². The van der Waals surface area contributed by atoms with Gasteiger partial charge < -0.3 is 4.74 Å². The van der Waals surface area contributed by atoms with Crippen molar-refractivity contribution in [1.82, 2.24) is 4.98 Å². The Morgan fingerprint density at radius 1 is 1.12 bits per heavy atom. The molecule has 1 aromatic heterocycles. The normalized spacial score (nSPS) is 10.1. The van der Waals surface area contributed by atoms with Crippen molar-refractivity contribution in [3.05, 3.63) is 47.1 Å². The number of nitrogens with zero attached hydrogens (tertiary/aromatic N) is 1. The second-order valence-corrected chi connectivity index (χ2v) is 4.09. The predicted molar refractivity (Wildman–Crippen MR) is 68.5 cm³/mol. The summed E-state index contributed by atoms with van der Waals surface area (Å²) in [5.41, 5.74) is 1.93. The maximum Gasteiger partial charge on any atom is 0.128 e. The Morgan fingerprint density at radius 2 is 1.94 bits per heavy atom. The Bertz CT molecular complexity index is 485. The van der Waals surface area contributed by atoms with Crippen LogP contribution in [0.5, 0.6) is 5.75 Å². The van der Waals surface area contributed by atoms with E-state index in [1.54, 1.807) is 0 Å². The number of ether oxygens (including phenoxy) is 1. The quantitative estimate of drug-likeness (QED) is 0.794. The largest absolute Gasteiger partial charge is 0.493 e. The number of hydrogen-bond donors (Lipinski definition) is 0. The summed E-state index contributed by atoms with van der Waals surface area (Å²) >= 11 is 3.37. The van der Waals surface area contributed by atoms with Crippen molar-refractivity contribution in [1.29, 1.82) is 0 Å². The van der Waals surface area contributed by atoms with Crippen molar-refractivity contribution in [2.24, 2.45) is 0 Å². The smallest absolute Gasteiger partial charge is 0.128 e. The zero-order chi connectivity index (χ0) is 11.4. The summed E-state index contributed by atoms with van der Waals surface area (Å²) in [6.45, 7) is 2.64. The molecule has 0 atom stereocenters. The maximum absolute atomic E-state index is 5.58. The number of para-hydroxylation sites is 1. The summed E-state index contributed by atoms with van der Waals surface area (Å²) < 4.78 is 6.41. The first-order valence-corrected chi connectivity index (χ1v) is 5.95. The van der Waals surface area contributed by atoms with Crippen LogP contribution in [0.2, 0.25) is 0 Å². The first-order chi connectivity index (χ1) is 7.81. The molecule has 0 saturated carbocycles. The fraction of sp³-hybridized carbons (Fsp3) is 0.154. The van der Waals surface area contributed by atoms with Crippen molar-refractivity contribution >= 4 is 15.9 Å². The number of aromatic nitrogens is 1. The molecule has 1 aromatic carbocycles. The van der Waals surface area contributed by atoms with E-state index in [0.29, 0.717) is 6.61 Å². The molecule has 16 heavy (non-hydrogen) atoms. The maximum atomic E-state index is 5.58. The van der Waals surface area contributed by atoms with E-state index >= 15 is 0 Å². The molecule has 0 amide bonds. The highest BCUT2D eigenvalue weighted by molar-refractivity contribution is 9.10. The number of benzene rings is 1. The van der Waals surface area contributed by atoms with Gasteiger partial charge in [0.2, 0.25) is 0 Å². The third-order valence-electron chi connectivity index (χ3n) is 2.18. The Balaban J connectivity index is 2.46. The average Bonchev–Trinajstić information content (AvgIpc) is 2.30. The zero-order valence-corrected chi connectivity index (χ0v) is 10.6. The lowest BCUT2D eigenvalue weighted by molar-refractivity contribution is 0.341. The van der Waals surface area contributed by atoms with Gasteiger partial charge in [0, 0.05) is 5.56 Å². The monoisotopic (exact) mass is 277 g/mol. The highest BCUT2D eigenvalue weighted by atomic mass is 79.9. The Labute approximate surface area is 103 Å². The molecule has 2 rings (SSSR count). The van der Waals surface area contributed by atoms with Crippen molar-refractivity contribution in [2.75, 3.05) is 6.61 Å². The van der Waals surface area contributed by atoms with E-state index in [4.69, 9.17) is 4.74 Å². The first-order valence-electron chi connectivity index (χ1n) is 5.16. The van der Waals surface area contributed by atoms with Crippen LogP contribution in [0.25, 0.3) is 11.3 Å². The van der Waals surface area contributed by atoms with Gasteiger partial charge in [0.1, 0.15) is 10.4 Å². The van der Waals surface area contributed by atoms with Crippen LogP contribution in [0, 0.1) is 0 Å². The summed E-state index contributed by atoms with van der Waals surface area (Å²) in [5.74, 6) is 0.871. The van der Waals surface area contributed by atoms with Crippen LogP contribution >= 0.6 is 15.9 Å². The molecule has 3 heteroatoms. The third-order valence-corrected chi connectivity index (χ3v) is 2.62. The van der Waals surface area contributed by atoms with Crippen LogP contribution in [-0.4, -0.2) is 11.6 Å². The minimum absolute atomic E-state index is 0.658. The van der Waals surface area contributed by atoms with E-state index in [0.717, 1.165) is 21.6 Å². The molecule has 0 saturated heterocycles. The number of halogens is 1. The molecule has 0 aliphatic rings. The molecule has 0 aliphatic heterocycles. The molecule has 0 radical (unpaired) electrons. The van der Waals surface area contributed by atoms with Crippen molar-refractivity contribution in [3.8, 4) is 17.0 Å². The number of rotatable bonds is 3. The van der Waals surface area contributed by atoms with Crippen molar-refractivity contribution in [2.45, 2.75) is 6.92 Å². The van der Waals surface area contributed by atoms with Crippen LogP contribution in [-0.2, 0) is 0 Å². The van der Waals surface area contributed by atoms with Gasteiger partial charge in [0.15, 0.2) is 0 Å². The lowest BCUT2D eigenvalue weighted by Crippen LogP contribution is -1.94. The molecule has 1 heterocycles. The minimum Gasteiger partial charge on any atom is -0.493 e. The topological polar surface area (TPSA) is 22.1 Å². The van der Waals surface area contributed by atoms with Crippen LogP contribution in [0.15, 0.2) is 47.1 Å². The Hall–Kier alpha value is -1.35. The lowest BCUT2D eigenvalue weighted by atomic mass is 10.1. The molecule has 0 spiro atoms. The van der Waals surface area contributed by atoms with Gasteiger partial charge in [0.25, 0.3) is 0 Å². The van der Waals surface area contributed by atoms with Gasteiger partial charge in [-0.15, -0.1) is 0 Å². The van der Waals surface area contributed by atoms with Gasteiger partial charge in [0.05, 0.1) is 12.3 Å². The fourth-order valence-electron chi connectivity index (χ4n) is 1.52. The van der Waals surface area contributed by atoms with Crippen molar-refractivity contribution in [3.63, 3.8) is 0 Å². The van der Waals surface area contributed by atoms with E-state index < -0.39 is 0 Å². The average molecular weight is 278 g/mol. The molecule has 0 N–H and O–H groups in total. The molecule has 0 fully saturated rings. The third kappa shape index (κ3) is 2.42. The fourth-order valence-corrected chi connectivity index (χ4v) is 1.86. The zero-order valence-electron chi connectivity index (χ0n) is 8.98. The van der Waals surface area contributed by atoms with E-state index in [-0.39, 0.29) is 0 Å². The lowest BCUT2D eigenvalue weighted by Gasteiger charge is -2.09. The molecule has 2 aromatic rings. The van der Waals surface area contributed by atoms with Gasteiger partial charge >= 0.3 is 0 Å². The number of pyridine rings is 1. The Morgan fingerprint density at radius 3 is 2.69 bits per heavy atom. The molecular weight excluding hydrogens is 266 g/mol. The molecule has 2 nitrogen and oxygen atoms in total. The van der Waals surface area contributed by atoms with Crippen LogP contribution in [0.3, 0.4) is 0 Å². The molecule has 0 bridgehead atoms. The van der Waals surface area contributed by atoms with Gasteiger partial charge in [-0.2, -0.15) is 0 Å². The van der Waals surface area contributed by atoms with Crippen LogP contribution in [0.1, 0.15) is 6.92 Å².